The maximum Gasteiger partial charge on any atom is 0.143 e. The van der Waals surface area contributed by atoms with Gasteiger partial charge in [-0.15, -0.1) is 0 Å². The number of rotatable bonds is 0. The third-order valence-corrected chi connectivity index (χ3v) is 7.27. The molecule has 0 aromatic carbocycles. The van der Waals surface area contributed by atoms with Crippen LogP contribution in [-0.2, 0) is 9.59 Å². The summed E-state index contributed by atoms with van der Waals surface area (Å²) in [6.07, 6.45) is 16.1. The molecular weight excluding hydrogens is 272 g/mol. The second-order valence-corrected chi connectivity index (χ2v) is 8.46. The van der Waals surface area contributed by atoms with E-state index in [2.05, 4.69) is 24.3 Å². The summed E-state index contributed by atoms with van der Waals surface area (Å²) in [7, 11) is 0. The Morgan fingerprint density at radius 2 is 1.50 bits per heavy atom. The Balaban J connectivity index is 0.000000102. The SMILES string of the molecule is O=C1C2C=CC3CC1CC3C2.O=C1C2CC3C=CC1C(C3)C2. The molecule has 8 atom stereocenters. The van der Waals surface area contributed by atoms with Crippen LogP contribution in [0.25, 0.3) is 0 Å². The molecule has 8 unspecified atom stereocenters. The van der Waals surface area contributed by atoms with E-state index in [1.165, 1.54) is 19.3 Å². The molecular formula is C20H24O2. The van der Waals surface area contributed by atoms with Gasteiger partial charge in [0.15, 0.2) is 0 Å². The largest absolute Gasteiger partial charge is 0.299 e. The molecule has 2 nitrogen and oxygen atoms in total. The molecule has 0 amide bonds. The van der Waals surface area contributed by atoms with Crippen LogP contribution in [0.5, 0.6) is 0 Å². The Morgan fingerprint density at radius 1 is 0.682 bits per heavy atom. The summed E-state index contributed by atoms with van der Waals surface area (Å²) in [5.41, 5.74) is 0. The van der Waals surface area contributed by atoms with Crippen LogP contribution in [-0.4, -0.2) is 11.6 Å². The lowest BCUT2D eigenvalue weighted by molar-refractivity contribution is -0.127. The Morgan fingerprint density at radius 3 is 2.41 bits per heavy atom. The summed E-state index contributed by atoms with van der Waals surface area (Å²) < 4.78 is 0. The molecule has 6 rings (SSSR count). The van der Waals surface area contributed by atoms with E-state index < -0.39 is 0 Å². The zero-order valence-corrected chi connectivity index (χ0v) is 13.0. The van der Waals surface area contributed by atoms with Gasteiger partial charge in [-0.1, -0.05) is 24.3 Å². The van der Waals surface area contributed by atoms with Crippen molar-refractivity contribution in [2.24, 2.45) is 47.3 Å². The van der Waals surface area contributed by atoms with Crippen molar-refractivity contribution in [2.45, 2.75) is 38.5 Å². The zero-order valence-electron chi connectivity index (χ0n) is 13.0. The van der Waals surface area contributed by atoms with Crippen molar-refractivity contribution in [3.8, 4) is 0 Å². The van der Waals surface area contributed by atoms with E-state index in [0.717, 1.165) is 42.9 Å². The standard InChI is InChI=1S/2C10H12O/c11-10-7-2-1-6-3-9(10)5-8(6)4-7;11-10-8-4-6-1-2-9(10)7(3-6)5-8/h2*1-2,6-9H,3-5H2. The van der Waals surface area contributed by atoms with Crippen LogP contribution in [0.2, 0.25) is 0 Å². The van der Waals surface area contributed by atoms with Crippen molar-refractivity contribution in [1.29, 1.82) is 0 Å². The van der Waals surface area contributed by atoms with E-state index >= 15 is 0 Å². The molecule has 0 aromatic rings. The van der Waals surface area contributed by atoms with E-state index in [4.69, 9.17) is 0 Å². The van der Waals surface area contributed by atoms with Gasteiger partial charge < -0.3 is 0 Å². The first-order valence-corrected chi connectivity index (χ1v) is 9.13. The minimum absolute atomic E-state index is 0.317. The van der Waals surface area contributed by atoms with E-state index in [-0.39, 0.29) is 0 Å². The highest BCUT2D eigenvalue weighted by atomic mass is 16.1. The van der Waals surface area contributed by atoms with Crippen LogP contribution in [0.4, 0.5) is 0 Å². The fourth-order valence-electron chi connectivity index (χ4n) is 6.22. The number of fused-ring (bicyclic) bond motifs is 4. The second-order valence-electron chi connectivity index (χ2n) is 8.46. The summed E-state index contributed by atoms with van der Waals surface area (Å²) in [6, 6.07) is 0. The van der Waals surface area contributed by atoms with Gasteiger partial charge in [-0.25, -0.2) is 0 Å². The van der Waals surface area contributed by atoms with Gasteiger partial charge in [0.05, 0.1) is 0 Å². The second kappa shape index (κ2) is 4.66. The molecule has 0 N–H and O–H groups in total. The van der Waals surface area contributed by atoms with E-state index in [1.54, 1.807) is 0 Å². The van der Waals surface area contributed by atoms with Crippen LogP contribution in [0.1, 0.15) is 38.5 Å². The maximum absolute atomic E-state index is 11.6. The van der Waals surface area contributed by atoms with Gasteiger partial charge in [-0.2, -0.15) is 0 Å². The summed E-state index contributed by atoms with van der Waals surface area (Å²) in [6.45, 7) is 0. The number of allylic oxidation sites excluding steroid dienone is 4. The fraction of sp³-hybridized carbons (Fsp3) is 0.700. The highest BCUT2D eigenvalue weighted by molar-refractivity contribution is 5.88. The Labute approximate surface area is 132 Å². The van der Waals surface area contributed by atoms with Crippen molar-refractivity contribution in [3.05, 3.63) is 24.3 Å². The average molecular weight is 296 g/mol. The molecule has 2 heteroatoms. The molecule has 0 saturated heterocycles. The van der Waals surface area contributed by atoms with Crippen LogP contribution in [0, 0.1) is 47.3 Å². The molecule has 0 aromatic heterocycles. The quantitative estimate of drug-likeness (QED) is 0.640. The minimum Gasteiger partial charge on any atom is -0.299 e. The van der Waals surface area contributed by atoms with Crippen molar-refractivity contribution in [3.63, 3.8) is 0 Å². The predicted molar refractivity (Wildman–Crippen MR) is 83.9 cm³/mol. The van der Waals surface area contributed by atoms with E-state index in [0.29, 0.717) is 35.2 Å². The number of ketones is 2. The van der Waals surface area contributed by atoms with Crippen molar-refractivity contribution in [1.82, 2.24) is 0 Å². The summed E-state index contributed by atoms with van der Waals surface area (Å²) >= 11 is 0. The Hall–Kier alpha value is -1.18. The highest BCUT2D eigenvalue weighted by Gasteiger charge is 2.48. The monoisotopic (exact) mass is 296 g/mol. The third-order valence-electron chi connectivity index (χ3n) is 7.27. The van der Waals surface area contributed by atoms with Gasteiger partial charge in [0, 0.05) is 23.7 Å². The van der Waals surface area contributed by atoms with Crippen molar-refractivity contribution in [2.75, 3.05) is 0 Å². The number of carbonyl (C=O) groups is 2. The minimum atomic E-state index is 0.317. The molecule has 0 aliphatic heterocycles. The van der Waals surface area contributed by atoms with Gasteiger partial charge in [0.25, 0.3) is 0 Å². The molecule has 0 heterocycles. The molecule has 6 aliphatic carbocycles. The molecule has 6 bridgehead atoms. The lowest BCUT2D eigenvalue weighted by Crippen LogP contribution is -2.28. The molecule has 0 spiro atoms. The normalized spacial score (nSPS) is 52.2. The van der Waals surface area contributed by atoms with Crippen LogP contribution < -0.4 is 0 Å². The van der Waals surface area contributed by atoms with Gasteiger partial charge in [-0.3, -0.25) is 9.59 Å². The molecule has 4 fully saturated rings. The first-order valence-electron chi connectivity index (χ1n) is 9.13. The van der Waals surface area contributed by atoms with E-state index in [1.807, 2.05) is 0 Å². The number of hydrogen-bond donors (Lipinski definition) is 0. The van der Waals surface area contributed by atoms with Gasteiger partial charge in [0.1, 0.15) is 11.6 Å². The Bertz CT molecular complexity index is 573. The van der Waals surface area contributed by atoms with Gasteiger partial charge >= 0.3 is 0 Å². The number of Topliss-reactive ketones (excluding diaryl/α,β-unsaturated/α-hetero) is 2. The van der Waals surface area contributed by atoms with E-state index in [9.17, 15) is 9.59 Å². The summed E-state index contributed by atoms with van der Waals surface area (Å²) in [5.74, 6) is 5.74. The highest BCUT2D eigenvalue weighted by Crippen LogP contribution is 2.50. The predicted octanol–water partition coefficient (Wildman–Crippen LogP) is 3.58. The van der Waals surface area contributed by atoms with Crippen LogP contribution >= 0.6 is 0 Å². The molecule has 22 heavy (non-hydrogen) atoms. The zero-order chi connectivity index (χ0) is 14.8. The average Bonchev–Trinajstić information content (AvgIpc) is 2.92. The smallest absolute Gasteiger partial charge is 0.143 e. The summed E-state index contributed by atoms with van der Waals surface area (Å²) in [5, 5.41) is 0. The van der Waals surface area contributed by atoms with Gasteiger partial charge in [0.2, 0.25) is 0 Å². The maximum atomic E-state index is 11.6. The fourth-order valence-corrected chi connectivity index (χ4v) is 6.22. The molecule has 0 radical (unpaired) electrons. The number of carbonyl (C=O) groups excluding carboxylic acids is 2. The molecule has 4 saturated carbocycles. The lowest BCUT2D eigenvalue weighted by atomic mass is 9.75. The van der Waals surface area contributed by atoms with Crippen LogP contribution in [0.3, 0.4) is 0 Å². The molecule has 6 aliphatic rings. The first-order chi connectivity index (χ1) is 10.7. The molecule has 116 valence electrons. The first kappa shape index (κ1) is 13.3. The van der Waals surface area contributed by atoms with Gasteiger partial charge in [-0.05, 0) is 62.2 Å². The topological polar surface area (TPSA) is 34.1 Å². The number of hydrogen-bond acceptors (Lipinski definition) is 2. The van der Waals surface area contributed by atoms with Crippen molar-refractivity contribution >= 4 is 11.6 Å². The lowest BCUT2D eigenvalue weighted by Gasteiger charge is -2.28. The third kappa shape index (κ3) is 1.85. The summed E-state index contributed by atoms with van der Waals surface area (Å²) in [4.78, 5) is 23.2. The van der Waals surface area contributed by atoms with Crippen molar-refractivity contribution < 1.29 is 9.59 Å². The Kier molecular flexibility index (Phi) is 2.81. The van der Waals surface area contributed by atoms with Crippen LogP contribution in [0.15, 0.2) is 24.3 Å².